The van der Waals surface area contributed by atoms with Crippen LogP contribution in [0, 0.1) is 0 Å². The van der Waals surface area contributed by atoms with E-state index >= 15 is 0 Å². The van der Waals surface area contributed by atoms with Gasteiger partial charge < -0.3 is 24.3 Å². The summed E-state index contributed by atoms with van der Waals surface area (Å²) in [5, 5.41) is 2.80. The fourth-order valence-electron chi connectivity index (χ4n) is 2.69. The van der Waals surface area contributed by atoms with Crippen molar-refractivity contribution in [1.82, 2.24) is 4.72 Å². The molecular weight excluding hydrogens is 464 g/mol. The molecule has 2 aromatic carbocycles. The second kappa shape index (κ2) is 10.5. The molecule has 0 atom stereocenters. The highest BCUT2D eigenvalue weighted by atomic mass is 35.5. The van der Waals surface area contributed by atoms with Gasteiger partial charge in [0.25, 0.3) is 5.91 Å². The molecule has 1 aliphatic heterocycles. The third-order valence-corrected chi connectivity index (χ3v) is 5.93. The van der Waals surface area contributed by atoms with Crippen LogP contribution >= 0.6 is 11.6 Å². The van der Waals surface area contributed by atoms with Crippen molar-refractivity contribution in [2.45, 2.75) is 11.3 Å². The molecule has 172 valence electrons. The van der Waals surface area contributed by atoms with Crippen LogP contribution in [0.5, 0.6) is 17.2 Å². The number of hydrogen-bond acceptors (Lipinski definition) is 8. The van der Waals surface area contributed by atoms with Crippen molar-refractivity contribution in [1.29, 1.82) is 0 Å². The van der Waals surface area contributed by atoms with Gasteiger partial charge in [0.15, 0.2) is 18.1 Å². The van der Waals surface area contributed by atoms with E-state index in [2.05, 4.69) is 10.0 Å². The quantitative estimate of drug-likeness (QED) is 0.544. The standard InChI is InChI=1S/C20H21ClN2O8S/c1-28-16-5-3-13(9-15(16)21)23-19(24)12-31-20(25)11-22-32(26,27)14-4-6-17-18(10-14)30-8-2-7-29-17/h3-6,9-10,22H,2,7-8,11-12H2,1H3,(H,23,24). The molecule has 10 nitrogen and oxygen atoms in total. The number of benzene rings is 2. The van der Waals surface area contributed by atoms with Gasteiger partial charge in [-0.05, 0) is 30.3 Å². The second-order valence-corrected chi connectivity index (χ2v) is 8.72. The number of carbonyl (C=O) groups is 2. The Kier molecular flexibility index (Phi) is 7.78. The summed E-state index contributed by atoms with van der Waals surface area (Å²) in [6.45, 7) is -0.379. The fraction of sp³-hybridized carbons (Fsp3) is 0.300. The van der Waals surface area contributed by atoms with E-state index in [-0.39, 0.29) is 4.90 Å². The number of esters is 1. The highest BCUT2D eigenvalue weighted by Crippen LogP contribution is 2.31. The zero-order valence-corrected chi connectivity index (χ0v) is 18.6. The highest BCUT2D eigenvalue weighted by molar-refractivity contribution is 7.89. The molecule has 0 radical (unpaired) electrons. The molecular formula is C20H21ClN2O8S. The van der Waals surface area contributed by atoms with E-state index in [0.29, 0.717) is 47.6 Å². The van der Waals surface area contributed by atoms with Gasteiger partial charge >= 0.3 is 5.97 Å². The van der Waals surface area contributed by atoms with Crippen LogP contribution in [0.25, 0.3) is 0 Å². The topological polar surface area (TPSA) is 129 Å². The van der Waals surface area contributed by atoms with Gasteiger partial charge in [0, 0.05) is 18.2 Å². The number of ether oxygens (including phenoxy) is 4. The molecule has 0 bridgehead atoms. The van der Waals surface area contributed by atoms with E-state index in [1.165, 1.54) is 31.4 Å². The van der Waals surface area contributed by atoms with Gasteiger partial charge in [-0.2, -0.15) is 4.72 Å². The third kappa shape index (κ3) is 6.25. The molecule has 0 spiro atoms. The molecule has 0 aliphatic carbocycles. The minimum Gasteiger partial charge on any atom is -0.495 e. The lowest BCUT2D eigenvalue weighted by Crippen LogP contribution is -2.32. The number of sulfonamides is 1. The summed E-state index contributed by atoms with van der Waals surface area (Å²) in [5.41, 5.74) is 0.381. The molecule has 0 saturated carbocycles. The normalized spacial score (nSPS) is 13.1. The number of hydrogen-bond donors (Lipinski definition) is 2. The molecule has 2 N–H and O–H groups in total. The summed E-state index contributed by atoms with van der Waals surface area (Å²) in [6, 6.07) is 8.76. The Morgan fingerprint density at radius 1 is 1.09 bits per heavy atom. The summed E-state index contributed by atoms with van der Waals surface area (Å²) in [6.07, 6.45) is 0.680. The summed E-state index contributed by atoms with van der Waals surface area (Å²) in [5.74, 6) is -0.346. The van der Waals surface area contributed by atoms with Crippen molar-refractivity contribution < 1.29 is 37.0 Å². The number of carbonyl (C=O) groups excluding carboxylic acids is 2. The van der Waals surface area contributed by atoms with Crippen LogP contribution in [0.3, 0.4) is 0 Å². The number of halogens is 1. The first kappa shape index (κ1) is 23.6. The zero-order chi connectivity index (χ0) is 23.1. The maximum absolute atomic E-state index is 12.5. The van der Waals surface area contributed by atoms with Gasteiger partial charge in [0.05, 0.1) is 30.2 Å². The monoisotopic (exact) mass is 484 g/mol. The number of methoxy groups -OCH3 is 1. The summed E-state index contributed by atoms with van der Waals surface area (Å²) >= 11 is 5.98. The Bertz CT molecular complexity index is 1110. The molecule has 1 amide bonds. The Balaban J connectivity index is 1.49. The lowest BCUT2D eigenvalue weighted by Gasteiger charge is -2.11. The minimum absolute atomic E-state index is 0.0938. The minimum atomic E-state index is -4.01. The van der Waals surface area contributed by atoms with Crippen molar-refractivity contribution in [2.24, 2.45) is 0 Å². The van der Waals surface area contributed by atoms with Crippen LogP contribution in [0.15, 0.2) is 41.3 Å². The lowest BCUT2D eigenvalue weighted by atomic mass is 10.3. The van der Waals surface area contributed by atoms with Gasteiger partial charge in [-0.25, -0.2) is 8.42 Å². The molecule has 0 saturated heterocycles. The maximum Gasteiger partial charge on any atom is 0.321 e. The maximum atomic E-state index is 12.5. The molecule has 12 heteroatoms. The van der Waals surface area contributed by atoms with E-state index in [1.54, 1.807) is 12.1 Å². The molecule has 0 aromatic heterocycles. The largest absolute Gasteiger partial charge is 0.495 e. The molecule has 0 fully saturated rings. The first-order chi connectivity index (χ1) is 15.3. The first-order valence-corrected chi connectivity index (χ1v) is 11.3. The van der Waals surface area contributed by atoms with E-state index < -0.39 is 35.1 Å². The average Bonchev–Trinajstić information content (AvgIpc) is 3.01. The first-order valence-electron chi connectivity index (χ1n) is 9.47. The highest BCUT2D eigenvalue weighted by Gasteiger charge is 2.20. The van der Waals surface area contributed by atoms with E-state index in [4.69, 9.17) is 30.5 Å². The van der Waals surface area contributed by atoms with Gasteiger partial charge in [0.1, 0.15) is 12.3 Å². The van der Waals surface area contributed by atoms with E-state index in [9.17, 15) is 18.0 Å². The van der Waals surface area contributed by atoms with Crippen molar-refractivity contribution >= 4 is 39.2 Å². The van der Waals surface area contributed by atoms with Crippen molar-refractivity contribution in [3.63, 3.8) is 0 Å². The van der Waals surface area contributed by atoms with Crippen molar-refractivity contribution in [3.8, 4) is 17.2 Å². The molecule has 1 heterocycles. The summed E-state index contributed by atoms with van der Waals surface area (Å²) in [4.78, 5) is 23.7. The molecule has 3 rings (SSSR count). The van der Waals surface area contributed by atoms with Crippen molar-refractivity contribution in [2.75, 3.05) is 38.8 Å². The smallest absolute Gasteiger partial charge is 0.321 e. The number of anilines is 1. The molecule has 0 unspecified atom stereocenters. The van der Waals surface area contributed by atoms with Gasteiger partial charge in [-0.15, -0.1) is 0 Å². The predicted molar refractivity (Wildman–Crippen MR) is 115 cm³/mol. The number of fused-ring (bicyclic) bond motifs is 1. The third-order valence-electron chi connectivity index (χ3n) is 4.24. The average molecular weight is 485 g/mol. The van der Waals surface area contributed by atoms with Crippen molar-refractivity contribution in [3.05, 3.63) is 41.4 Å². The van der Waals surface area contributed by atoms with Gasteiger partial charge in [-0.3, -0.25) is 9.59 Å². The van der Waals surface area contributed by atoms with E-state index in [1.807, 2.05) is 0 Å². The number of rotatable bonds is 8. The SMILES string of the molecule is COc1ccc(NC(=O)COC(=O)CNS(=O)(=O)c2ccc3c(c2)OCCCO3)cc1Cl. The lowest BCUT2D eigenvalue weighted by molar-refractivity contribution is -0.146. The number of nitrogens with one attached hydrogen (secondary N) is 2. The van der Waals surface area contributed by atoms with Crippen LogP contribution in [0.4, 0.5) is 5.69 Å². The van der Waals surface area contributed by atoms with Crippen LogP contribution in [0.1, 0.15) is 6.42 Å². The fourth-order valence-corrected chi connectivity index (χ4v) is 3.93. The van der Waals surface area contributed by atoms with Crippen LogP contribution in [0.2, 0.25) is 5.02 Å². The Hall–Kier alpha value is -3.02. The Morgan fingerprint density at radius 2 is 1.84 bits per heavy atom. The van der Waals surface area contributed by atoms with Crippen LogP contribution in [-0.2, 0) is 24.3 Å². The zero-order valence-electron chi connectivity index (χ0n) is 17.1. The van der Waals surface area contributed by atoms with Crippen LogP contribution in [-0.4, -0.2) is 53.8 Å². The predicted octanol–water partition coefficient (Wildman–Crippen LogP) is 1.97. The van der Waals surface area contributed by atoms with Gasteiger partial charge in [0.2, 0.25) is 10.0 Å². The molecule has 32 heavy (non-hydrogen) atoms. The number of amides is 1. The second-order valence-electron chi connectivity index (χ2n) is 6.54. The Labute approximate surface area is 189 Å². The van der Waals surface area contributed by atoms with Crippen LogP contribution < -0.4 is 24.2 Å². The summed E-state index contributed by atoms with van der Waals surface area (Å²) in [7, 11) is -2.55. The summed E-state index contributed by atoms with van der Waals surface area (Å²) < 4.78 is 47.8. The molecule has 2 aromatic rings. The van der Waals surface area contributed by atoms with Gasteiger partial charge in [-0.1, -0.05) is 11.6 Å². The molecule has 1 aliphatic rings. The van der Waals surface area contributed by atoms with E-state index in [0.717, 1.165) is 0 Å². The Morgan fingerprint density at radius 3 is 2.56 bits per heavy atom.